The van der Waals surface area contributed by atoms with E-state index in [1.165, 1.54) is 32.1 Å². The molecule has 2 atom stereocenters. The summed E-state index contributed by atoms with van der Waals surface area (Å²) in [5.74, 6) is 0. The summed E-state index contributed by atoms with van der Waals surface area (Å²) < 4.78 is 1.87. The molecule has 1 saturated heterocycles. The van der Waals surface area contributed by atoms with Crippen LogP contribution in [0.25, 0.3) is 0 Å². The molecule has 6 nitrogen and oxygen atoms in total. The fourth-order valence-corrected chi connectivity index (χ4v) is 4.25. The second-order valence-corrected chi connectivity index (χ2v) is 7.54. The number of amides is 2. The van der Waals surface area contributed by atoms with Crippen LogP contribution in [0.4, 0.5) is 4.79 Å². The predicted molar refractivity (Wildman–Crippen MR) is 98.4 cm³/mol. The van der Waals surface area contributed by atoms with Crippen LogP contribution >= 0.6 is 0 Å². The minimum Gasteiger partial charge on any atom is -0.385 e. The average molecular weight is 348 g/mol. The lowest BCUT2D eigenvalue weighted by molar-refractivity contribution is 0.111. The fourth-order valence-electron chi connectivity index (χ4n) is 4.25. The summed E-state index contributed by atoms with van der Waals surface area (Å²) in [6.45, 7) is 2.35. The van der Waals surface area contributed by atoms with Crippen molar-refractivity contribution in [2.75, 3.05) is 19.6 Å². The van der Waals surface area contributed by atoms with E-state index in [-0.39, 0.29) is 18.6 Å². The van der Waals surface area contributed by atoms with Crippen LogP contribution in [0.2, 0.25) is 0 Å². The maximum atomic E-state index is 12.2. The molecule has 0 radical (unpaired) electrons. The number of aliphatic hydroxyl groups excluding tert-OH is 1. The van der Waals surface area contributed by atoms with E-state index < -0.39 is 6.10 Å². The summed E-state index contributed by atoms with van der Waals surface area (Å²) in [7, 11) is 1.89. The van der Waals surface area contributed by atoms with Crippen LogP contribution in [0.3, 0.4) is 0 Å². The van der Waals surface area contributed by atoms with Gasteiger partial charge in [0.25, 0.3) is 0 Å². The number of nitrogens with one attached hydrogen (secondary N) is 2. The molecule has 0 spiro atoms. The highest BCUT2D eigenvalue weighted by Crippen LogP contribution is 2.25. The van der Waals surface area contributed by atoms with E-state index in [2.05, 4.69) is 15.5 Å². The number of aromatic nitrogens is 1. The number of hydrogen-bond donors (Lipinski definition) is 3. The molecule has 140 valence electrons. The van der Waals surface area contributed by atoms with Gasteiger partial charge < -0.3 is 20.3 Å². The number of rotatable bonds is 5. The Balaban J connectivity index is 1.42. The molecule has 1 aliphatic carbocycles. The van der Waals surface area contributed by atoms with Gasteiger partial charge in [0.2, 0.25) is 0 Å². The van der Waals surface area contributed by atoms with Crippen molar-refractivity contribution in [3.8, 4) is 0 Å². The molecule has 1 aliphatic heterocycles. The highest BCUT2D eigenvalue weighted by molar-refractivity contribution is 5.74. The quantitative estimate of drug-likeness (QED) is 0.764. The molecular weight excluding hydrogens is 316 g/mol. The molecule has 0 bridgehead atoms. The molecule has 3 rings (SSSR count). The fraction of sp³-hybridized carbons (Fsp3) is 0.737. The van der Waals surface area contributed by atoms with Gasteiger partial charge in [-0.2, -0.15) is 0 Å². The molecule has 2 fully saturated rings. The van der Waals surface area contributed by atoms with Crippen molar-refractivity contribution >= 4 is 6.03 Å². The number of carbonyl (C=O) groups excluding carboxylic acids is 1. The summed E-state index contributed by atoms with van der Waals surface area (Å²) in [4.78, 5) is 14.8. The van der Waals surface area contributed by atoms with E-state index in [9.17, 15) is 9.90 Å². The molecule has 1 saturated carbocycles. The zero-order valence-corrected chi connectivity index (χ0v) is 15.3. The molecule has 2 aliphatic rings. The highest BCUT2D eigenvalue weighted by Gasteiger charge is 2.27. The molecule has 3 N–H and O–H groups in total. The van der Waals surface area contributed by atoms with Gasteiger partial charge in [-0.05, 0) is 44.4 Å². The van der Waals surface area contributed by atoms with Crippen LogP contribution in [0, 0.1) is 0 Å². The van der Waals surface area contributed by atoms with Crippen molar-refractivity contribution in [3.63, 3.8) is 0 Å². The van der Waals surface area contributed by atoms with Crippen molar-refractivity contribution < 1.29 is 9.90 Å². The van der Waals surface area contributed by atoms with Crippen molar-refractivity contribution in [3.05, 3.63) is 24.0 Å². The van der Waals surface area contributed by atoms with E-state index in [1.54, 1.807) is 0 Å². The number of aryl methyl sites for hydroxylation is 1. The number of nitrogens with zero attached hydrogens (tertiary/aromatic N) is 2. The Morgan fingerprint density at radius 1 is 1.28 bits per heavy atom. The maximum Gasteiger partial charge on any atom is 0.315 e. The van der Waals surface area contributed by atoms with Crippen LogP contribution in [0.15, 0.2) is 18.3 Å². The van der Waals surface area contributed by atoms with Gasteiger partial charge in [0.1, 0.15) is 6.10 Å². The molecule has 25 heavy (non-hydrogen) atoms. The average Bonchev–Trinajstić information content (AvgIpc) is 3.07. The Morgan fingerprint density at radius 2 is 2.08 bits per heavy atom. The molecule has 6 heteroatoms. The summed E-state index contributed by atoms with van der Waals surface area (Å²) >= 11 is 0. The number of aliphatic hydroxyl groups is 1. The van der Waals surface area contributed by atoms with E-state index in [1.807, 2.05) is 29.9 Å². The zero-order chi connectivity index (χ0) is 17.6. The van der Waals surface area contributed by atoms with Gasteiger partial charge in [-0.1, -0.05) is 19.3 Å². The number of carbonyl (C=O) groups is 1. The summed E-state index contributed by atoms with van der Waals surface area (Å²) in [5.41, 5.74) is 0.807. The number of piperidine rings is 1. The Hall–Kier alpha value is -1.53. The molecule has 1 aromatic rings. The van der Waals surface area contributed by atoms with E-state index in [0.717, 1.165) is 31.6 Å². The third-order valence-corrected chi connectivity index (χ3v) is 5.66. The molecule has 2 amide bonds. The zero-order valence-electron chi connectivity index (χ0n) is 15.3. The third kappa shape index (κ3) is 4.98. The Labute approximate surface area is 150 Å². The van der Waals surface area contributed by atoms with E-state index >= 15 is 0 Å². The molecular formula is C19H32N4O2. The van der Waals surface area contributed by atoms with Crippen LogP contribution in [-0.4, -0.2) is 52.3 Å². The van der Waals surface area contributed by atoms with Crippen molar-refractivity contribution in [1.29, 1.82) is 0 Å². The Morgan fingerprint density at radius 3 is 2.80 bits per heavy atom. The van der Waals surface area contributed by atoms with Gasteiger partial charge in [-0.3, -0.25) is 4.90 Å². The lowest BCUT2D eigenvalue weighted by atomic mass is 9.92. The minimum absolute atomic E-state index is 0.177. The SMILES string of the molecule is Cn1cccc1C(O)CNC(=O)NC1CCCN(C2CCCCC2)C1. The first-order valence-electron chi connectivity index (χ1n) is 9.71. The van der Waals surface area contributed by atoms with E-state index in [4.69, 9.17) is 0 Å². The second kappa shape index (κ2) is 8.72. The van der Waals surface area contributed by atoms with Gasteiger partial charge >= 0.3 is 6.03 Å². The highest BCUT2D eigenvalue weighted by atomic mass is 16.3. The normalized spacial score (nSPS) is 24.0. The summed E-state index contributed by atoms with van der Waals surface area (Å²) in [5, 5.41) is 16.1. The number of urea groups is 1. The van der Waals surface area contributed by atoms with Gasteiger partial charge in [0.15, 0.2) is 0 Å². The predicted octanol–water partition coefficient (Wildman–Crippen LogP) is 2.15. The summed E-state index contributed by atoms with van der Waals surface area (Å²) in [6, 6.07) is 4.50. The summed E-state index contributed by atoms with van der Waals surface area (Å²) in [6.07, 6.45) is 10.1. The lowest BCUT2D eigenvalue weighted by Crippen LogP contribution is -2.53. The minimum atomic E-state index is -0.684. The Kier molecular flexibility index (Phi) is 6.37. The Bertz CT molecular complexity index is 553. The van der Waals surface area contributed by atoms with Crippen molar-refractivity contribution in [2.45, 2.75) is 63.1 Å². The molecule has 2 heterocycles. The topological polar surface area (TPSA) is 69.5 Å². The number of likely N-dealkylation sites (tertiary alicyclic amines) is 1. The van der Waals surface area contributed by atoms with Crippen molar-refractivity contribution in [2.24, 2.45) is 7.05 Å². The first-order chi connectivity index (χ1) is 12.1. The lowest BCUT2D eigenvalue weighted by Gasteiger charge is -2.40. The first-order valence-corrected chi connectivity index (χ1v) is 9.71. The van der Waals surface area contributed by atoms with Crippen LogP contribution in [-0.2, 0) is 7.05 Å². The van der Waals surface area contributed by atoms with Gasteiger partial charge in [0, 0.05) is 37.6 Å². The van der Waals surface area contributed by atoms with E-state index in [0.29, 0.717) is 6.04 Å². The third-order valence-electron chi connectivity index (χ3n) is 5.66. The van der Waals surface area contributed by atoms with Crippen LogP contribution < -0.4 is 10.6 Å². The van der Waals surface area contributed by atoms with Gasteiger partial charge in [-0.15, -0.1) is 0 Å². The standard InChI is InChI=1S/C19H32N4O2/c1-22-11-6-10-17(22)18(24)13-20-19(25)21-15-7-5-12-23(14-15)16-8-3-2-4-9-16/h6,10-11,15-16,18,24H,2-5,7-9,12-14H2,1H3,(H2,20,21,25). The second-order valence-electron chi connectivity index (χ2n) is 7.54. The van der Waals surface area contributed by atoms with Crippen molar-refractivity contribution in [1.82, 2.24) is 20.1 Å². The molecule has 2 unspecified atom stereocenters. The molecule has 1 aromatic heterocycles. The van der Waals surface area contributed by atoms with Crippen LogP contribution in [0.5, 0.6) is 0 Å². The monoisotopic (exact) mass is 348 g/mol. The number of hydrogen-bond acceptors (Lipinski definition) is 3. The van der Waals surface area contributed by atoms with Gasteiger partial charge in [-0.25, -0.2) is 4.79 Å². The smallest absolute Gasteiger partial charge is 0.315 e. The van der Waals surface area contributed by atoms with Crippen LogP contribution in [0.1, 0.15) is 56.7 Å². The first kappa shape index (κ1) is 18.3. The maximum absolute atomic E-state index is 12.2. The molecule has 0 aromatic carbocycles. The largest absolute Gasteiger partial charge is 0.385 e. The van der Waals surface area contributed by atoms with Gasteiger partial charge in [0.05, 0.1) is 6.54 Å².